The van der Waals surface area contributed by atoms with Gasteiger partial charge in [-0.3, -0.25) is 4.79 Å². The first-order chi connectivity index (χ1) is 8.81. The summed E-state index contributed by atoms with van der Waals surface area (Å²) < 4.78 is 3.76. The fraction of sp³-hybridized carbons (Fsp3) is 0.750. The van der Waals surface area contributed by atoms with Crippen molar-refractivity contribution in [2.45, 2.75) is 26.2 Å². The largest absolute Gasteiger partial charge is 0.338 e. The molecule has 5 nitrogen and oxygen atoms in total. The van der Waals surface area contributed by atoms with Gasteiger partial charge in [-0.05, 0) is 49.8 Å². The van der Waals surface area contributed by atoms with E-state index in [-0.39, 0.29) is 5.91 Å². The molecule has 0 aliphatic carbocycles. The molecule has 0 aromatic carbocycles. The summed E-state index contributed by atoms with van der Waals surface area (Å²) in [7, 11) is 0. The predicted molar refractivity (Wildman–Crippen MR) is 71.7 cm³/mol. The summed E-state index contributed by atoms with van der Waals surface area (Å²) in [5, 5.41) is 7.14. The monoisotopic (exact) mass is 268 g/mol. The molecule has 6 heteroatoms. The maximum atomic E-state index is 12.3. The van der Waals surface area contributed by atoms with E-state index in [1.165, 1.54) is 24.4 Å². The molecule has 1 aromatic heterocycles. The number of rotatable bonds is 5. The van der Waals surface area contributed by atoms with Gasteiger partial charge in [-0.25, -0.2) is 0 Å². The summed E-state index contributed by atoms with van der Waals surface area (Å²) in [6, 6.07) is 0. The van der Waals surface area contributed by atoms with Crippen LogP contribution in [0.25, 0.3) is 0 Å². The third-order valence-corrected chi connectivity index (χ3v) is 3.88. The topological polar surface area (TPSA) is 58.1 Å². The molecule has 0 bridgehead atoms. The molecule has 1 aromatic rings. The second-order valence-corrected chi connectivity index (χ2v) is 5.53. The minimum Gasteiger partial charge on any atom is -0.338 e. The summed E-state index contributed by atoms with van der Waals surface area (Å²) in [4.78, 5) is 14.9. The van der Waals surface area contributed by atoms with Crippen LogP contribution in [0.4, 0.5) is 0 Å². The zero-order chi connectivity index (χ0) is 12.8. The summed E-state index contributed by atoms with van der Waals surface area (Å²) in [6.07, 6.45) is 4.97. The summed E-state index contributed by atoms with van der Waals surface area (Å²) in [5.41, 5.74) is 0. The van der Waals surface area contributed by atoms with E-state index in [9.17, 15) is 4.79 Å². The number of amides is 1. The van der Waals surface area contributed by atoms with Gasteiger partial charge in [-0.1, -0.05) is 11.4 Å². The highest BCUT2D eigenvalue weighted by atomic mass is 32.1. The number of hydrogen-bond donors (Lipinski definition) is 1. The average molecular weight is 268 g/mol. The third kappa shape index (κ3) is 3.49. The van der Waals surface area contributed by atoms with E-state index in [1.54, 1.807) is 6.20 Å². The Morgan fingerprint density at radius 2 is 2.56 bits per heavy atom. The van der Waals surface area contributed by atoms with E-state index >= 15 is 0 Å². The van der Waals surface area contributed by atoms with Gasteiger partial charge in [-0.2, -0.15) is 0 Å². The van der Waals surface area contributed by atoms with Crippen LogP contribution in [0.3, 0.4) is 0 Å². The van der Waals surface area contributed by atoms with Crippen molar-refractivity contribution in [2.75, 3.05) is 26.2 Å². The number of aromatic nitrogens is 2. The lowest BCUT2D eigenvalue weighted by Crippen LogP contribution is -2.41. The molecule has 1 amide bonds. The molecule has 2 heterocycles. The molecule has 1 aliphatic heterocycles. The van der Waals surface area contributed by atoms with Gasteiger partial charge < -0.3 is 10.2 Å². The minimum absolute atomic E-state index is 0.0809. The van der Waals surface area contributed by atoms with Gasteiger partial charge in [0.2, 0.25) is 0 Å². The number of hydrogen-bond acceptors (Lipinski definition) is 5. The second-order valence-electron chi connectivity index (χ2n) is 4.75. The fourth-order valence-corrected chi connectivity index (χ4v) is 2.84. The summed E-state index contributed by atoms with van der Waals surface area (Å²) in [6.45, 7) is 5.89. The Hall–Kier alpha value is -1.01. The highest BCUT2D eigenvalue weighted by Crippen LogP contribution is 2.15. The first-order valence-corrected chi connectivity index (χ1v) is 7.36. The first-order valence-electron chi connectivity index (χ1n) is 6.58. The van der Waals surface area contributed by atoms with E-state index < -0.39 is 0 Å². The fourth-order valence-electron chi connectivity index (χ4n) is 2.35. The number of nitrogens with one attached hydrogen (secondary N) is 1. The Bertz CT molecular complexity index is 362. The summed E-state index contributed by atoms with van der Waals surface area (Å²) >= 11 is 1.18. The molecule has 0 radical (unpaired) electrons. The normalized spacial score (nSPS) is 19.7. The smallest absolute Gasteiger partial charge is 0.267 e. The van der Waals surface area contributed by atoms with Crippen molar-refractivity contribution in [3.8, 4) is 0 Å². The van der Waals surface area contributed by atoms with E-state index in [0.29, 0.717) is 10.8 Å². The van der Waals surface area contributed by atoms with E-state index in [0.717, 1.165) is 32.6 Å². The molecule has 1 aliphatic rings. The zero-order valence-electron chi connectivity index (χ0n) is 10.8. The Morgan fingerprint density at radius 1 is 1.67 bits per heavy atom. The SMILES string of the molecule is CCCN(CC1CCCNC1)C(=O)c1cnns1. The molecular weight excluding hydrogens is 248 g/mol. The standard InChI is InChI=1S/C12H20N4OS/c1-2-6-16(9-10-4-3-5-13-7-10)12(17)11-8-14-15-18-11/h8,10,13H,2-7,9H2,1H3. The summed E-state index contributed by atoms with van der Waals surface area (Å²) in [5.74, 6) is 0.660. The van der Waals surface area contributed by atoms with E-state index in [2.05, 4.69) is 21.8 Å². The molecule has 0 saturated carbocycles. The first kappa shape index (κ1) is 13.4. The molecule has 1 atom stereocenters. The Balaban J connectivity index is 1.96. The van der Waals surface area contributed by atoms with E-state index in [4.69, 9.17) is 0 Å². The van der Waals surface area contributed by atoms with Crippen LogP contribution in [-0.2, 0) is 0 Å². The molecule has 0 spiro atoms. The predicted octanol–water partition coefficient (Wildman–Crippen LogP) is 1.39. The van der Waals surface area contributed by atoms with Crippen LogP contribution in [0.1, 0.15) is 35.9 Å². The van der Waals surface area contributed by atoms with Gasteiger partial charge in [0, 0.05) is 13.1 Å². The van der Waals surface area contributed by atoms with Crippen LogP contribution >= 0.6 is 11.5 Å². The van der Waals surface area contributed by atoms with Crippen molar-refractivity contribution < 1.29 is 4.79 Å². The number of piperidine rings is 1. The van der Waals surface area contributed by atoms with Gasteiger partial charge in [0.15, 0.2) is 0 Å². The van der Waals surface area contributed by atoms with Crippen LogP contribution in [0.5, 0.6) is 0 Å². The molecular formula is C12H20N4OS. The van der Waals surface area contributed by atoms with Crippen LogP contribution < -0.4 is 5.32 Å². The van der Waals surface area contributed by atoms with Gasteiger partial charge in [0.25, 0.3) is 5.91 Å². The molecule has 100 valence electrons. The number of nitrogens with zero attached hydrogens (tertiary/aromatic N) is 3. The second kappa shape index (κ2) is 6.80. The van der Waals surface area contributed by atoms with Gasteiger partial charge in [0.1, 0.15) is 4.88 Å². The lowest BCUT2D eigenvalue weighted by atomic mass is 9.99. The highest BCUT2D eigenvalue weighted by molar-refractivity contribution is 7.07. The van der Waals surface area contributed by atoms with Gasteiger partial charge in [0.05, 0.1) is 6.20 Å². The van der Waals surface area contributed by atoms with Crippen molar-refractivity contribution in [1.29, 1.82) is 0 Å². The molecule has 18 heavy (non-hydrogen) atoms. The Morgan fingerprint density at radius 3 is 3.17 bits per heavy atom. The van der Waals surface area contributed by atoms with Crippen molar-refractivity contribution in [1.82, 2.24) is 19.8 Å². The number of carbonyl (C=O) groups excluding carboxylic acids is 1. The number of carbonyl (C=O) groups is 1. The van der Waals surface area contributed by atoms with Crippen molar-refractivity contribution in [3.05, 3.63) is 11.1 Å². The average Bonchev–Trinajstić information content (AvgIpc) is 2.92. The molecule has 1 saturated heterocycles. The maximum Gasteiger partial charge on any atom is 0.267 e. The van der Waals surface area contributed by atoms with E-state index in [1.807, 2.05) is 4.90 Å². The highest BCUT2D eigenvalue weighted by Gasteiger charge is 2.22. The van der Waals surface area contributed by atoms with Gasteiger partial charge in [-0.15, -0.1) is 5.10 Å². The Kier molecular flexibility index (Phi) is 5.07. The van der Waals surface area contributed by atoms with Crippen LogP contribution in [0.15, 0.2) is 6.20 Å². The van der Waals surface area contributed by atoms with Crippen LogP contribution in [-0.4, -0.2) is 46.6 Å². The van der Waals surface area contributed by atoms with Crippen LogP contribution in [0.2, 0.25) is 0 Å². The minimum atomic E-state index is 0.0809. The van der Waals surface area contributed by atoms with Crippen molar-refractivity contribution >= 4 is 17.4 Å². The van der Waals surface area contributed by atoms with Crippen molar-refractivity contribution in [3.63, 3.8) is 0 Å². The van der Waals surface area contributed by atoms with Crippen LogP contribution in [0, 0.1) is 5.92 Å². The van der Waals surface area contributed by atoms with Crippen molar-refractivity contribution in [2.24, 2.45) is 5.92 Å². The molecule has 2 rings (SSSR count). The maximum absolute atomic E-state index is 12.3. The Labute approximate surface area is 112 Å². The lowest BCUT2D eigenvalue weighted by molar-refractivity contribution is 0.0723. The molecule has 1 fully saturated rings. The zero-order valence-corrected chi connectivity index (χ0v) is 11.6. The third-order valence-electron chi connectivity index (χ3n) is 3.23. The quantitative estimate of drug-likeness (QED) is 0.877. The van der Waals surface area contributed by atoms with Gasteiger partial charge >= 0.3 is 0 Å². The molecule has 1 N–H and O–H groups in total. The molecule has 1 unspecified atom stereocenters. The lowest BCUT2D eigenvalue weighted by Gasteiger charge is -2.29.